The van der Waals surface area contributed by atoms with Gasteiger partial charge in [0.15, 0.2) is 4.47 Å². The summed E-state index contributed by atoms with van der Waals surface area (Å²) in [6.07, 6.45) is 1.02. The Balaban J connectivity index is 2.41. The van der Waals surface area contributed by atoms with Crippen LogP contribution in [-0.4, -0.2) is 10.1 Å². The minimum Gasteiger partial charge on any atom is -0.391 e. The maximum Gasteiger partial charge on any atom is 0.184 e. The summed E-state index contributed by atoms with van der Waals surface area (Å²) < 4.78 is 0.471. The minimum atomic E-state index is -0.0186. The van der Waals surface area contributed by atoms with Crippen molar-refractivity contribution in [2.45, 2.75) is 20.0 Å². The molecule has 0 saturated heterocycles. The molecule has 0 amide bonds. The van der Waals surface area contributed by atoms with Crippen molar-refractivity contribution >= 4 is 22.9 Å². The number of aromatic nitrogens is 1. The molecule has 4 heteroatoms. The second kappa shape index (κ2) is 4.95. The molecule has 1 heterocycles. The number of thiazole rings is 1. The van der Waals surface area contributed by atoms with Crippen LogP contribution in [0.4, 0.5) is 0 Å². The molecule has 0 fully saturated rings. The van der Waals surface area contributed by atoms with E-state index in [-0.39, 0.29) is 6.61 Å². The number of aryl methyl sites for hydroxylation is 1. The van der Waals surface area contributed by atoms with E-state index in [2.05, 4.69) is 24.0 Å². The quantitative estimate of drug-likeness (QED) is 0.908. The predicted molar refractivity (Wildman–Crippen MR) is 67.9 cm³/mol. The third-order valence-electron chi connectivity index (χ3n) is 2.45. The van der Waals surface area contributed by atoms with Gasteiger partial charge in [-0.05, 0) is 12.0 Å². The van der Waals surface area contributed by atoms with Gasteiger partial charge in [0, 0.05) is 5.56 Å². The van der Waals surface area contributed by atoms with Gasteiger partial charge in [-0.15, -0.1) is 11.3 Å². The van der Waals surface area contributed by atoms with Crippen LogP contribution in [0.3, 0.4) is 0 Å². The van der Waals surface area contributed by atoms with Gasteiger partial charge in [-0.1, -0.05) is 42.8 Å². The Hall–Kier alpha value is -0.900. The van der Waals surface area contributed by atoms with E-state index in [1.807, 2.05) is 12.1 Å². The molecule has 1 aromatic carbocycles. The second-order valence-corrected chi connectivity index (χ2v) is 5.11. The molecular weight excluding hydrogens is 242 g/mol. The molecule has 1 aromatic heterocycles. The zero-order chi connectivity index (χ0) is 11.5. The summed E-state index contributed by atoms with van der Waals surface area (Å²) in [5.41, 5.74) is 3.08. The predicted octanol–water partition coefficient (Wildman–Crippen LogP) is 3.52. The molecule has 1 N–H and O–H groups in total. The first kappa shape index (κ1) is 11.6. The molecular formula is C12H12ClNOS. The molecule has 0 aliphatic rings. The summed E-state index contributed by atoms with van der Waals surface area (Å²) in [7, 11) is 0. The standard InChI is InChI=1S/C12H12ClNOS/c1-2-8-3-5-9(6-4-8)11-10(7-15)16-12(13)14-11/h3-6,15H,2,7H2,1H3. The maximum atomic E-state index is 9.21. The lowest BCUT2D eigenvalue weighted by atomic mass is 10.1. The molecule has 0 saturated carbocycles. The molecule has 2 rings (SSSR count). The largest absolute Gasteiger partial charge is 0.391 e. The Kier molecular flexibility index (Phi) is 3.59. The number of aliphatic hydroxyl groups is 1. The van der Waals surface area contributed by atoms with Crippen LogP contribution in [0.25, 0.3) is 11.3 Å². The monoisotopic (exact) mass is 253 g/mol. The molecule has 84 valence electrons. The SMILES string of the molecule is CCc1ccc(-c2nc(Cl)sc2CO)cc1. The summed E-state index contributed by atoms with van der Waals surface area (Å²) in [5, 5.41) is 9.21. The first-order valence-electron chi connectivity index (χ1n) is 5.10. The van der Waals surface area contributed by atoms with Gasteiger partial charge in [0.1, 0.15) is 0 Å². The van der Waals surface area contributed by atoms with Crippen molar-refractivity contribution in [2.75, 3.05) is 0 Å². The molecule has 0 unspecified atom stereocenters. The van der Waals surface area contributed by atoms with Crippen LogP contribution in [0.15, 0.2) is 24.3 Å². The lowest BCUT2D eigenvalue weighted by Gasteiger charge is -2.01. The number of halogens is 1. The fourth-order valence-corrected chi connectivity index (χ4v) is 2.58. The topological polar surface area (TPSA) is 33.1 Å². The molecule has 16 heavy (non-hydrogen) atoms. The van der Waals surface area contributed by atoms with Gasteiger partial charge < -0.3 is 5.11 Å². The number of aliphatic hydroxyl groups excluding tert-OH is 1. The van der Waals surface area contributed by atoms with Crippen LogP contribution >= 0.6 is 22.9 Å². The minimum absolute atomic E-state index is 0.0186. The van der Waals surface area contributed by atoms with Crippen LogP contribution in [0.1, 0.15) is 17.4 Å². The fraction of sp³-hybridized carbons (Fsp3) is 0.250. The summed E-state index contributed by atoms with van der Waals surface area (Å²) in [4.78, 5) is 5.05. The summed E-state index contributed by atoms with van der Waals surface area (Å²) >= 11 is 7.17. The van der Waals surface area contributed by atoms with Crippen LogP contribution in [0.2, 0.25) is 4.47 Å². The van der Waals surface area contributed by atoms with E-state index in [4.69, 9.17) is 11.6 Å². The van der Waals surface area contributed by atoms with Crippen LogP contribution in [-0.2, 0) is 13.0 Å². The molecule has 0 radical (unpaired) electrons. The van der Waals surface area contributed by atoms with Crippen LogP contribution in [0.5, 0.6) is 0 Å². The van der Waals surface area contributed by atoms with E-state index in [9.17, 15) is 5.11 Å². The van der Waals surface area contributed by atoms with Crippen molar-refractivity contribution in [3.63, 3.8) is 0 Å². The average molecular weight is 254 g/mol. The van der Waals surface area contributed by atoms with E-state index in [0.717, 1.165) is 22.6 Å². The molecule has 2 nitrogen and oxygen atoms in total. The highest BCUT2D eigenvalue weighted by atomic mass is 35.5. The summed E-state index contributed by atoms with van der Waals surface area (Å²) in [6.45, 7) is 2.10. The zero-order valence-electron chi connectivity index (χ0n) is 8.90. The van der Waals surface area contributed by atoms with E-state index in [1.165, 1.54) is 16.9 Å². The second-order valence-electron chi connectivity index (χ2n) is 3.45. The number of hydrogen-bond acceptors (Lipinski definition) is 3. The van der Waals surface area contributed by atoms with E-state index in [1.54, 1.807) is 0 Å². The number of hydrogen-bond donors (Lipinski definition) is 1. The van der Waals surface area contributed by atoms with Gasteiger partial charge >= 0.3 is 0 Å². The first-order chi connectivity index (χ1) is 7.74. The highest BCUT2D eigenvalue weighted by molar-refractivity contribution is 7.16. The van der Waals surface area contributed by atoms with Crippen LogP contribution < -0.4 is 0 Å². The highest BCUT2D eigenvalue weighted by Gasteiger charge is 2.10. The van der Waals surface area contributed by atoms with Gasteiger partial charge in [0.25, 0.3) is 0 Å². The van der Waals surface area contributed by atoms with E-state index in [0.29, 0.717) is 4.47 Å². The zero-order valence-corrected chi connectivity index (χ0v) is 10.5. The smallest absolute Gasteiger partial charge is 0.184 e. The van der Waals surface area contributed by atoms with E-state index < -0.39 is 0 Å². The molecule has 2 aromatic rings. The first-order valence-corrected chi connectivity index (χ1v) is 6.29. The Morgan fingerprint density at radius 2 is 2.00 bits per heavy atom. The summed E-state index contributed by atoms with van der Waals surface area (Å²) in [5.74, 6) is 0. The number of rotatable bonds is 3. The lowest BCUT2D eigenvalue weighted by Crippen LogP contribution is -1.86. The molecule has 0 spiro atoms. The Labute approximate surface area is 104 Å². The normalized spacial score (nSPS) is 10.7. The van der Waals surface area contributed by atoms with Crippen molar-refractivity contribution in [1.82, 2.24) is 4.98 Å². The van der Waals surface area contributed by atoms with Gasteiger partial charge in [-0.3, -0.25) is 0 Å². The van der Waals surface area contributed by atoms with Gasteiger partial charge in [0.05, 0.1) is 17.2 Å². The average Bonchev–Trinajstić information content (AvgIpc) is 2.70. The van der Waals surface area contributed by atoms with Gasteiger partial charge in [-0.25, -0.2) is 4.98 Å². The number of nitrogens with zero attached hydrogens (tertiary/aromatic N) is 1. The summed E-state index contributed by atoms with van der Waals surface area (Å²) in [6, 6.07) is 8.18. The molecule has 0 aliphatic heterocycles. The number of benzene rings is 1. The molecule has 0 atom stereocenters. The molecule has 0 aliphatic carbocycles. The van der Waals surface area contributed by atoms with Gasteiger partial charge in [0.2, 0.25) is 0 Å². The Bertz CT molecular complexity index is 478. The van der Waals surface area contributed by atoms with Crippen molar-refractivity contribution in [1.29, 1.82) is 0 Å². The Morgan fingerprint density at radius 1 is 1.31 bits per heavy atom. The van der Waals surface area contributed by atoms with Gasteiger partial charge in [-0.2, -0.15) is 0 Å². The van der Waals surface area contributed by atoms with Crippen LogP contribution in [0, 0.1) is 0 Å². The fourth-order valence-electron chi connectivity index (χ4n) is 1.55. The third kappa shape index (κ3) is 2.26. The third-order valence-corrected chi connectivity index (χ3v) is 3.60. The maximum absolute atomic E-state index is 9.21. The van der Waals surface area contributed by atoms with Crippen molar-refractivity contribution in [3.8, 4) is 11.3 Å². The van der Waals surface area contributed by atoms with E-state index >= 15 is 0 Å². The van der Waals surface area contributed by atoms with Crippen molar-refractivity contribution < 1.29 is 5.11 Å². The van der Waals surface area contributed by atoms with Crippen molar-refractivity contribution in [3.05, 3.63) is 39.2 Å². The van der Waals surface area contributed by atoms with Crippen molar-refractivity contribution in [2.24, 2.45) is 0 Å². The highest BCUT2D eigenvalue weighted by Crippen LogP contribution is 2.30. The molecule has 0 bridgehead atoms. The lowest BCUT2D eigenvalue weighted by molar-refractivity contribution is 0.286. The Morgan fingerprint density at radius 3 is 2.56 bits per heavy atom.